The fraction of sp³-hybridized carbons (Fsp3) is 0.667. The number of hydrogen-bond donors (Lipinski definition) is 1. The van der Waals surface area contributed by atoms with Crippen molar-refractivity contribution in [1.82, 2.24) is 9.97 Å². The molecule has 0 radical (unpaired) electrons. The third kappa shape index (κ3) is 3.30. The van der Waals surface area contributed by atoms with E-state index >= 15 is 0 Å². The number of aryl methyl sites for hydroxylation is 1. The molecule has 0 aliphatic carbocycles. The van der Waals surface area contributed by atoms with Gasteiger partial charge in [0.15, 0.2) is 0 Å². The number of nitrogen functional groups attached to an aromatic ring is 1. The first-order chi connectivity index (χ1) is 8.15. The highest BCUT2D eigenvalue weighted by atomic mass is 16.5. The lowest BCUT2D eigenvalue weighted by Crippen LogP contribution is -2.33. The highest BCUT2D eigenvalue weighted by Gasteiger charge is 2.17. The summed E-state index contributed by atoms with van der Waals surface area (Å²) in [4.78, 5) is 10.5. The van der Waals surface area contributed by atoms with Crippen molar-refractivity contribution >= 4 is 11.6 Å². The Morgan fingerprint density at radius 2 is 2.29 bits per heavy atom. The van der Waals surface area contributed by atoms with Crippen LogP contribution in [0.25, 0.3) is 0 Å². The monoisotopic (exact) mass is 236 g/mol. The summed E-state index contributed by atoms with van der Waals surface area (Å²) >= 11 is 0. The van der Waals surface area contributed by atoms with E-state index in [9.17, 15) is 0 Å². The van der Waals surface area contributed by atoms with Gasteiger partial charge in [-0.1, -0.05) is 0 Å². The molecule has 5 heteroatoms. The molecule has 1 unspecified atom stereocenters. The second kappa shape index (κ2) is 5.31. The van der Waals surface area contributed by atoms with Gasteiger partial charge in [0.1, 0.15) is 17.5 Å². The first kappa shape index (κ1) is 12.1. The van der Waals surface area contributed by atoms with Gasteiger partial charge in [0.05, 0.1) is 6.10 Å². The third-order valence-corrected chi connectivity index (χ3v) is 2.99. The molecule has 0 saturated carbocycles. The van der Waals surface area contributed by atoms with E-state index < -0.39 is 0 Å². The molecule has 0 amide bonds. The van der Waals surface area contributed by atoms with Gasteiger partial charge < -0.3 is 15.4 Å². The summed E-state index contributed by atoms with van der Waals surface area (Å²) < 4.78 is 5.71. The highest BCUT2D eigenvalue weighted by molar-refractivity contribution is 5.46. The van der Waals surface area contributed by atoms with Crippen molar-refractivity contribution < 1.29 is 4.74 Å². The molecule has 1 saturated heterocycles. The molecule has 0 spiro atoms. The molecule has 1 aliphatic rings. The van der Waals surface area contributed by atoms with Gasteiger partial charge in [0.25, 0.3) is 0 Å². The summed E-state index contributed by atoms with van der Waals surface area (Å²) in [5.74, 6) is 2.09. The molecule has 5 nitrogen and oxygen atoms in total. The van der Waals surface area contributed by atoms with Crippen LogP contribution in [-0.4, -0.2) is 36.3 Å². The Bertz CT molecular complexity index is 357. The van der Waals surface area contributed by atoms with E-state index in [1.54, 1.807) is 6.07 Å². The summed E-state index contributed by atoms with van der Waals surface area (Å²) in [5, 5.41) is 0. The van der Waals surface area contributed by atoms with Gasteiger partial charge in [0, 0.05) is 26.3 Å². The van der Waals surface area contributed by atoms with Crippen LogP contribution in [0.3, 0.4) is 0 Å². The van der Waals surface area contributed by atoms with Gasteiger partial charge in [0.2, 0.25) is 0 Å². The van der Waals surface area contributed by atoms with Crippen molar-refractivity contribution in [2.24, 2.45) is 0 Å². The fourth-order valence-electron chi connectivity index (χ4n) is 2.12. The molecular formula is C12H20N4O. The lowest BCUT2D eigenvalue weighted by molar-refractivity contribution is 0.0215. The average Bonchev–Trinajstić information content (AvgIpc) is 2.29. The average molecular weight is 236 g/mol. The summed E-state index contributed by atoms with van der Waals surface area (Å²) in [6.07, 6.45) is 3.87. The second-order valence-electron chi connectivity index (χ2n) is 4.57. The topological polar surface area (TPSA) is 64.3 Å². The van der Waals surface area contributed by atoms with Gasteiger partial charge in [-0.3, -0.25) is 0 Å². The summed E-state index contributed by atoms with van der Waals surface area (Å²) in [5.41, 5.74) is 5.72. The quantitative estimate of drug-likeness (QED) is 0.858. The van der Waals surface area contributed by atoms with E-state index in [0.717, 1.165) is 25.4 Å². The molecule has 17 heavy (non-hydrogen) atoms. The minimum atomic E-state index is 0.310. The molecule has 2 rings (SSSR count). The Hall–Kier alpha value is -1.36. The SMILES string of the molecule is Cc1nc(N)cc(N(C)CC2CCCCO2)n1. The minimum Gasteiger partial charge on any atom is -0.384 e. The number of likely N-dealkylation sites (N-methyl/N-ethyl adjacent to an activating group) is 1. The molecule has 1 fully saturated rings. The number of anilines is 2. The number of nitrogens with zero attached hydrogens (tertiary/aromatic N) is 3. The van der Waals surface area contributed by atoms with Crippen molar-refractivity contribution in [3.8, 4) is 0 Å². The molecule has 0 bridgehead atoms. The Balaban J connectivity index is 2.00. The first-order valence-electron chi connectivity index (χ1n) is 6.09. The lowest BCUT2D eigenvalue weighted by Gasteiger charge is -2.28. The number of aromatic nitrogens is 2. The zero-order valence-corrected chi connectivity index (χ0v) is 10.5. The maximum absolute atomic E-state index is 5.72. The number of nitrogens with two attached hydrogens (primary N) is 1. The maximum atomic E-state index is 5.72. The van der Waals surface area contributed by atoms with Crippen LogP contribution in [0.1, 0.15) is 25.1 Å². The van der Waals surface area contributed by atoms with E-state index in [1.807, 2.05) is 14.0 Å². The molecule has 0 aromatic carbocycles. The van der Waals surface area contributed by atoms with Gasteiger partial charge in [-0.25, -0.2) is 9.97 Å². The predicted molar refractivity (Wildman–Crippen MR) is 68.0 cm³/mol. The van der Waals surface area contributed by atoms with E-state index in [2.05, 4.69) is 14.9 Å². The van der Waals surface area contributed by atoms with E-state index in [0.29, 0.717) is 17.7 Å². The van der Waals surface area contributed by atoms with Gasteiger partial charge in [-0.05, 0) is 26.2 Å². The van der Waals surface area contributed by atoms with Crippen LogP contribution in [-0.2, 0) is 4.74 Å². The Morgan fingerprint density at radius 3 is 2.94 bits per heavy atom. The zero-order valence-electron chi connectivity index (χ0n) is 10.5. The van der Waals surface area contributed by atoms with Crippen molar-refractivity contribution in [2.75, 3.05) is 30.8 Å². The zero-order chi connectivity index (χ0) is 12.3. The van der Waals surface area contributed by atoms with Crippen LogP contribution >= 0.6 is 0 Å². The molecule has 2 heterocycles. The van der Waals surface area contributed by atoms with Crippen LogP contribution in [0.15, 0.2) is 6.07 Å². The molecule has 1 aromatic heterocycles. The van der Waals surface area contributed by atoms with Crippen molar-refractivity contribution in [3.63, 3.8) is 0 Å². The molecule has 2 N–H and O–H groups in total. The van der Waals surface area contributed by atoms with E-state index in [1.165, 1.54) is 12.8 Å². The summed E-state index contributed by atoms with van der Waals surface area (Å²) in [6, 6.07) is 1.80. The lowest BCUT2D eigenvalue weighted by atomic mass is 10.1. The normalized spacial score (nSPS) is 20.2. The molecule has 94 valence electrons. The Labute approximate surface area is 102 Å². The molecular weight excluding hydrogens is 216 g/mol. The standard InChI is InChI=1S/C12H20N4O/c1-9-14-11(13)7-12(15-9)16(2)8-10-5-3-4-6-17-10/h7,10H,3-6,8H2,1-2H3,(H2,13,14,15). The van der Waals surface area contributed by atoms with Crippen molar-refractivity contribution in [2.45, 2.75) is 32.3 Å². The van der Waals surface area contributed by atoms with Crippen LogP contribution in [0.4, 0.5) is 11.6 Å². The van der Waals surface area contributed by atoms with Gasteiger partial charge in [-0.2, -0.15) is 0 Å². The molecule has 1 aromatic rings. The van der Waals surface area contributed by atoms with Crippen LogP contribution in [0.5, 0.6) is 0 Å². The summed E-state index contributed by atoms with van der Waals surface area (Å²) in [7, 11) is 2.01. The Morgan fingerprint density at radius 1 is 1.47 bits per heavy atom. The largest absolute Gasteiger partial charge is 0.384 e. The van der Waals surface area contributed by atoms with Gasteiger partial charge >= 0.3 is 0 Å². The maximum Gasteiger partial charge on any atom is 0.134 e. The predicted octanol–water partition coefficient (Wildman–Crippen LogP) is 1.37. The fourth-order valence-corrected chi connectivity index (χ4v) is 2.12. The second-order valence-corrected chi connectivity index (χ2v) is 4.57. The molecule has 1 atom stereocenters. The van der Waals surface area contributed by atoms with Crippen LogP contribution in [0.2, 0.25) is 0 Å². The van der Waals surface area contributed by atoms with E-state index in [-0.39, 0.29) is 0 Å². The number of ether oxygens (including phenoxy) is 1. The molecule has 1 aliphatic heterocycles. The summed E-state index contributed by atoms with van der Waals surface area (Å²) in [6.45, 7) is 3.59. The van der Waals surface area contributed by atoms with Crippen LogP contribution < -0.4 is 10.6 Å². The van der Waals surface area contributed by atoms with Crippen molar-refractivity contribution in [3.05, 3.63) is 11.9 Å². The Kier molecular flexibility index (Phi) is 3.78. The first-order valence-corrected chi connectivity index (χ1v) is 6.09. The number of hydrogen-bond acceptors (Lipinski definition) is 5. The minimum absolute atomic E-state index is 0.310. The van der Waals surface area contributed by atoms with Crippen LogP contribution in [0, 0.1) is 6.92 Å². The van der Waals surface area contributed by atoms with Crippen molar-refractivity contribution in [1.29, 1.82) is 0 Å². The highest BCUT2D eigenvalue weighted by Crippen LogP contribution is 2.17. The number of rotatable bonds is 3. The van der Waals surface area contributed by atoms with E-state index in [4.69, 9.17) is 10.5 Å². The smallest absolute Gasteiger partial charge is 0.134 e. The third-order valence-electron chi connectivity index (χ3n) is 2.99. The van der Waals surface area contributed by atoms with Gasteiger partial charge in [-0.15, -0.1) is 0 Å².